The number of alkyl carbamates (subject to hydrolysis) is 1. The van der Waals surface area contributed by atoms with Crippen molar-refractivity contribution in [2.75, 3.05) is 0 Å². The van der Waals surface area contributed by atoms with Crippen molar-refractivity contribution in [3.8, 4) is 0 Å². The van der Waals surface area contributed by atoms with E-state index in [0.29, 0.717) is 6.42 Å². The Bertz CT molecular complexity index is 1050. The number of aryl methyl sites for hydroxylation is 1. The summed E-state index contributed by atoms with van der Waals surface area (Å²) in [6.07, 6.45) is 2.72. The zero-order valence-corrected chi connectivity index (χ0v) is 19.3. The number of fused-ring (bicyclic) bond motifs is 1. The minimum absolute atomic E-state index is 0.143. The Labute approximate surface area is 189 Å². The number of carbonyl (C=O) groups excluding carboxylic acids is 2. The van der Waals surface area contributed by atoms with Gasteiger partial charge in [-0.1, -0.05) is 55.5 Å². The van der Waals surface area contributed by atoms with Crippen molar-refractivity contribution in [2.24, 2.45) is 0 Å². The van der Waals surface area contributed by atoms with Crippen molar-refractivity contribution in [1.82, 2.24) is 9.88 Å². The first kappa shape index (κ1) is 23.4. The molecule has 1 heterocycles. The average molecular weight is 437 g/mol. The molecule has 0 fully saturated rings. The van der Waals surface area contributed by atoms with Gasteiger partial charge in [-0.15, -0.1) is 0 Å². The van der Waals surface area contributed by atoms with Gasteiger partial charge in [0.05, 0.1) is 0 Å². The van der Waals surface area contributed by atoms with E-state index < -0.39 is 23.7 Å². The van der Waals surface area contributed by atoms with Crippen molar-refractivity contribution >= 4 is 23.0 Å². The molecule has 0 saturated carbocycles. The molecule has 0 aliphatic rings. The molecule has 3 aromatic rings. The SMILES string of the molecule is CCCn1cc(C[C@@H](NC(=O)OC(C)(C)C)C(=O)OCc2ccccc2)c2ccccc21. The maximum Gasteiger partial charge on any atom is 0.408 e. The number of nitrogens with zero attached hydrogens (tertiary/aromatic N) is 1. The number of ether oxygens (including phenoxy) is 2. The fourth-order valence-electron chi connectivity index (χ4n) is 3.60. The van der Waals surface area contributed by atoms with Crippen LogP contribution in [0.3, 0.4) is 0 Å². The van der Waals surface area contributed by atoms with Gasteiger partial charge < -0.3 is 19.4 Å². The minimum Gasteiger partial charge on any atom is -0.459 e. The second-order valence-corrected chi connectivity index (χ2v) is 8.86. The predicted octanol–water partition coefficient (Wildman–Crippen LogP) is 5.23. The van der Waals surface area contributed by atoms with Crippen LogP contribution in [-0.2, 0) is 33.8 Å². The van der Waals surface area contributed by atoms with E-state index in [9.17, 15) is 9.59 Å². The highest BCUT2D eigenvalue weighted by Gasteiger charge is 2.27. The zero-order chi connectivity index (χ0) is 23.1. The van der Waals surface area contributed by atoms with Crippen LogP contribution in [0.5, 0.6) is 0 Å². The van der Waals surface area contributed by atoms with Gasteiger partial charge in [-0.2, -0.15) is 0 Å². The summed E-state index contributed by atoms with van der Waals surface area (Å²) < 4.78 is 13.1. The highest BCUT2D eigenvalue weighted by atomic mass is 16.6. The maximum absolute atomic E-state index is 13.0. The normalized spacial score (nSPS) is 12.4. The molecule has 6 nitrogen and oxygen atoms in total. The van der Waals surface area contributed by atoms with Crippen LogP contribution in [0.15, 0.2) is 60.8 Å². The number of aromatic nitrogens is 1. The Kier molecular flexibility index (Phi) is 7.57. The third kappa shape index (κ3) is 6.36. The van der Waals surface area contributed by atoms with Gasteiger partial charge in [0.15, 0.2) is 0 Å². The van der Waals surface area contributed by atoms with Gasteiger partial charge in [-0.25, -0.2) is 9.59 Å². The fraction of sp³-hybridized carbons (Fsp3) is 0.385. The lowest BCUT2D eigenvalue weighted by Gasteiger charge is -2.23. The van der Waals surface area contributed by atoms with Crippen LogP contribution < -0.4 is 5.32 Å². The Balaban J connectivity index is 1.82. The van der Waals surface area contributed by atoms with E-state index in [1.807, 2.05) is 48.5 Å². The number of rotatable bonds is 8. The molecule has 170 valence electrons. The summed E-state index contributed by atoms with van der Waals surface area (Å²) in [4.78, 5) is 25.5. The summed E-state index contributed by atoms with van der Waals surface area (Å²) in [7, 11) is 0. The van der Waals surface area contributed by atoms with Crippen molar-refractivity contribution in [2.45, 2.75) is 65.3 Å². The van der Waals surface area contributed by atoms with Crippen molar-refractivity contribution < 1.29 is 19.1 Å². The third-order valence-corrected chi connectivity index (χ3v) is 4.96. The third-order valence-electron chi connectivity index (χ3n) is 4.96. The van der Waals surface area contributed by atoms with Gasteiger partial charge in [0.2, 0.25) is 0 Å². The number of nitrogens with one attached hydrogen (secondary N) is 1. The van der Waals surface area contributed by atoms with E-state index in [2.05, 4.69) is 29.1 Å². The number of para-hydroxylation sites is 1. The molecule has 0 aliphatic heterocycles. The average Bonchev–Trinajstić information content (AvgIpc) is 3.09. The molecule has 0 spiro atoms. The zero-order valence-electron chi connectivity index (χ0n) is 19.3. The van der Waals surface area contributed by atoms with Crippen LogP contribution in [0.25, 0.3) is 10.9 Å². The van der Waals surface area contributed by atoms with Crippen LogP contribution >= 0.6 is 0 Å². The Morgan fingerprint density at radius 3 is 2.41 bits per heavy atom. The molecule has 1 atom stereocenters. The molecule has 1 amide bonds. The largest absolute Gasteiger partial charge is 0.459 e. The maximum atomic E-state index is 13.0. The molecule has 2 aromatic carbocycles. The first-order valence-corrected chi connectivity index (χ1v) is 11.0. The molecule has 1 aromatic heterocycles. The molecule has 1 N–H and O–H groups in total. The summed E-state index contributed by atoms with van der Waals surface area (Å²) in [5.74, 6) is -0.493. The monoisotopic (exact) mass is 436 g/mol. The second kappa shape index (κ2) is 10.4. The molecule has 0 bridgehead atoms. The lowest BCUT2D eigenvalue weighted by Crippen LogP contribution is -2.45. The standard InChI is InChI=1S/C26H32N2O4/c1-5-15-28-17-20(21-13-9-10-14-23(21)28)16-22(27-25(30)32-26(2,3)4)24(29)31-18-19-11-7-6-8-12-19/h6-14,17,22H,5,15-16,18H2,1-4H3,(H,27,30)/t22-/m1/s1. The molecule has 0 saturated heterocycles. The number of hydrogen-bond donors (Lipinski definition) is 1. The molecular formula is C26H32N2O4. The Morgan fingerprint density at radius 2 is 1.72 bits per heavy atom. The highest BCUT2D eigenvalue weighted by Crippen LogP contribution is 2.23. The van der Waals surface area contributed by atoms with Crippen LogP contribution in [0.1, 0.15) is 45.2 Å². The van der Waals surface area contributed by atoms with Gasteiger partial charge in [0.1, 0.15) is 18.2 Å². The predicted molar refractivity (Wildman–Crippen MR) is 125 cm³/mol. The quantitative estimate of drug-likeness (QED) is 0.491. The lowest BCUT2D eigenvalue weighted by atomic mass is 10.1. The topological polar surface area (TPSA) is 69.6 Å². The Morgan fingerprint density at radius 1 is 1.03 bits per heavy atom. The molecule has 32 heavy (non-hydrogen) atoms. The molecule has 0 unspecified atom stereocenters. The molecule has 3 rings (SSSR count). The summed E-state index contributed by atoms with van der Waals surface area (Å²) in [6, 6.07) is 16.7. The Hall–Kier alpha value is -3.28. The van der Waals surface area contributed by atoms with Gasteiger partial charge >= 0.3 is 12.1 Å². The summed E-state index contributed by atoms with van der Waals surface area (Å²) in [5, 5.41) is 3.78. The fourth-order valence-corrected chi connectivity index (χ4v) is 3.60. The van der Waals surface area contributed by atoms with Crippen LogP contribution in [0.4, 0.5) is 4.79 Å². The van der Waals surface area contributed by atoms with E-state index in [1.54, 1.807) is 20.8 Å². The van der Waals surface area contributed by atoms with Gasteiger partial charge in [-0.05, 0) is 44.4 Å². The van der Waals surface area contributed by atoms with Gasteiger partial charge in [0.25, 0.3) is 0 Å². The van der Waals surface area contributed by atoms with E-state index >= 15 is 0 Å². The van der Waals surface area contributed by atoms with Crippen LogP contribution in [0.2, 0.25) is 0 Å². The van der Waals surface area contributed by atoms with E-state index in [0.717, 1.165) is 35.0 Å². The molecular weight excluding hydrogens is 404 g/mol. The number of benzene rings is 2. The molecule has 0 aliphatic carbocycles. The number of carbonyl (C=O) groups is 2. The number of esters is 1. The van der Waals surface area contributed by atoms with E-state index in [4.69, 9.17) is 9.47 Å². The highest BCUT2D eigenvalue weighted by molar-refractivity contribution is 5.86. The summed E-state index contributed by atoms with van der Waals surface area (Å²) in [6.45, 7) is 8.50. The number of amides is 1. The molecule has 6 heteroatoms. The second-order valence-electron chi connectivity index (χ2n) is 8.86. The van der Waals surface area contributed by atoms with Gasteiger partial charge in [0, 0.05) is 30.1 Å². The molecule has 0 radical (unpaired) electrons. The van der Waals surface area contributed by atoms with Gasteiger partial charge in [-0.3, -0.25) is 0 Å². The lowest BCUT2D eigenvalue weighted by molar-refractivity contribution is -0.147. The first-order chi connectivity index (χ1) is 15.3. The smallest absolute Gasteiger partial charge is 0.408 e. The first-order valence-electron chi connectivity index (χ1n) is 11.0. The van der Waals surface area contributed by atoms with Crippen molar-refractivity contribution in [1.29, 1.82) is 0 Å². The van der Waals surface area contributed by atoms with E-state index in [1.165, 1.54) is 0 Å². The van der Waals surface area contributed by atoms with Crippen molar-refractivity contribution in [3.05, 3.63) is 71.9 Å². The van der Waals surface area contributed by atoms with Crippen molar-refractivity contribution in [3.63, 3.8) is 0 Å². The number of hydrogen-bond acceptors (Lipinski definition) is 4. The summed E-state index contributed by atoms with van der Waals surface area (Å²) in [5.41, 5.74) is 2.31. The minimum atomic E-state index is -0.866. The summed E-state index contributed by atoms with van der Waals surface area (Å²) >= 11 is 0. The van der Waals surface area contributed by atoms with E-state index in [-0.39, 0.29) is 6.61 Å². The van der Waals surface area contributed by atoms with Crippen LogP contribution in [0, 0.1) is 0 Å². The van der Waals surface area contributed by atoms with Crippen LogP contribution in [-0.4, -0.2) is 28.3 Å².